The van der Waals surface area contributed by atoms with Crippen LogP contribution in [-0.2, 0) is 4.79 Å². The van der Waals surface area contributed by atoms with Crippen LogP contribution in [0.2, 0.25) is 0 Å². The van der Waals surface area contributed by atoms with Crippen LogP contribution in [0.3, 0.4) is 0 Å². The second-order valence-corrected chi connectivity index (χ2v) is 9.16. The van der Waals surface area contributed by atoms with Crippen LogP contribution in [0.1, 0.15) is 37.4 Å². The molecule has 0 bridgehead atoms. The molecule has 2 aromatic heterocycles. The van der Waals surface area contributed by atoms with E-state index >= 15 is 0 Å². The van der Waals surface area contributed by atoms with Gasteiger partial charge in [-0.1, -0.05) is 12.1 Å². The summed E-state index contributed by atoms with van der Waals surface area (Å²) in [5.74, 6) is 1.39. The van der Waals surface area contributed by atoms with Crippen LogP contribution in [-0.4, -0.2) is 63.5 Å². The molecule has 0 unspecified atom stereocenters. The lowest BCUT2D eigenvalue weighted by molar-refractivity contribution is -0.144. The maximum Gasteiger partial charge on any atom is 0.266 e. The summed E-state index contributed by atoms with van der Waals surface area (Å²) in [4.78, 5) is 34.8. The molecule has 1 aliphatic rings. The summed E-state index contributed by atoms with van der Waals surface area (Å²) in [6.07, 6.45) is 7.68. The smallest absolute Gasteiger partial charge is 0.266 e. The topological polar surface area (TPSA) is 84.3 Å². The highest BCUT2D eigenvalue weighted by atomic mass is 16.5. The summed E-state index contributed by atoms with van der Waals surface area (Å²) in [6.45, 7) is 6.88. The lowest BCUT2D eigenvalue weighted by atomic mass is 9.97. The van der Waals surface area contributed by atoms with Crippen molar-refractivity contribution in [3.8, 4) is 16.9 Å². The van der Waals surface area contributed by atoms with E-state index < -0.39 is 5.60 Å². The molecule has 1 fully saturated rings. The number of likely N-dealkylation sites (tertiary alicyclic amines) is 1. The SMILES string of the molecule is Cc1cccc(OC(C)(C)C(=O)N2CC[C@@H](c3nc(N(C)C)ncc3-c3cncnc3)C2)c1. The number of carbonyl (C=O) groups excluding carboxylic acids is 1. The Morgan fingerprint density at radius 1 is 1.18 bits per heavy atom. The molecule has 1 atom stereocenters. The Labute approximate surface area is 194 Å². The Kier molecular flexibility index (Phi) is 6.26. The van der Waals surface area contributed by atoms with Gasteiger partial charge in [-0.15, -0.1) is 0 Å². The zero-order valence-electron chi connectivity index (χ0n) is 19.8. The van der Waals surface area contributed by atoms with Gasteiger partial charge in [0.1, 0.15) is 12.1 Å². The third kappa shape index (κ3) is 4.94. The molecule has 1 amide bonds. The fraction of sp³-hybridized carbons (Fsp3) is 0.400. The average Bonchev–Trinajstić information content (AvgIpc) is 3.28. The Morgan fingerprint density at radius 3 is 2.64 bits per heavy atom. The number of amides is 1. The molecular weight excluding hydrogens is 416 g/mol. The van der Waals surface area contributed by atoms with Gasteiger partial charge in [0.2, 0.25) is 5.95 Å². The number of ether oxygens (including phenoxy) is 1. The van der Waals surface area contributed by atoms with Crippen LogP contribution >= 0.6 is 0 Å². The quantitative estimate of drug-likeness (QED) is 0.573. The predicted molar refractivity (Wildman–Crippen MR) is 127 cm³/mol. The largest absolute Gasteiger partial charge is 0.478 e. The normalized spacial score (nSPS) is 16.0. The van der Waals surface area contributed by atoms with Crippen LogP contribution in [0.5, 0.6) is 5.75 Å². The van der Waals surface area contributed by atoms with Crippen molar-refractivity contribution in [2.75, 3.05) is 32.1 Å². The van der Waals surface area contributed by atoms with Gasteiger partial charge in [0.25, 0.3) is 5.91 Å². The zero-order valence-corrected chi connectivity index (χ0v) is 19.8. The fourth-order valence-corrected chi connectivity index (χ4v) is 4.14. The van der Waals surface area contributed by atoms with E-state index in [0.717, 1.165) is 28.8 Å². The number of hydrogen-bond acceptors (Lipinski definition) is 7. The Morgan fingerprint density at radius 2 is 1.94 bits per heavy atom. The van der Waals surface area contributed by atoms with Crippen molar-refractivity contribution >= 4 is 11.9 Å². The van der Waals surface area contributed by atoms with Crippen molar-refractivity contribution in [3.05, 3.63) is 60.4 Å². The van der Waals surface area contributed by atoms with Gasteiger partial charge >= 0.3 is 0 Å². The number of benzene rings is 1. The summed E-state index contributed by atoms with van der Waals surface area (Å²) >= 11 is 0. The lowest BCUT2D eigenvalue weighted by Gasteiger charge is -2.30. The van der Waals surface area contributed by atoms with Gasteiger partial charge in [-0.25, -0.2) is 19.9 Å². The summed E-state index contributed by atoms with van der Waals surface area (Å²) < 4.78 is 6.10. The van der Waals surface area contributed by atoms with Crippen molar-refractivity contribution in [2.24, 2.45) is 0 Å². The van der Waals surface area contributed by atoms with E-state index in [1.165, 1.54) is 6.33 Å². The van der Waals surface area contributed by atoms with Crippen molar-refractivity contribution in [2.45, 2.75) is 38.7 Å². The molecule has 1 aromatic carbocycles. The van der Waals surface area contributed by atoms with Gasteiger partial charge in [0.05, 0.1) is 5.69 Å². The number of rotatable bonds is 6. The van der Waals surface area contributed by atoms with Crippen LogP contribution in [0, 0.1) is 6.92 Å². The third-order valence-electron chi connectivity index (χ3n) is 5.82. The van der Waals surface area contributed by atoms with Crippen LogP contribution in [0.25, 0.3) is 11.1 Å². The highest BCUT2D eigenvalue weighted by Gasteiger charge is 2.39. The lowest BCUT2D eigenvalue weighted by Crippen LogP contribution is -2.48. The summed E-state index contributed by atoms with van der Waals surface area (Å²) in [7, 11) is 3.83. The summed E-state index contributed by atoms with van der Waals surface area (Å²) in [6, 6.07) is 7.77. The molecular formula is C25H30N6O2. The molecule has 0 aliphatic carbocycles. The molecule has 33 heavy (non-hydrogen) atoms. The summed E-state index contributed by atoms with van der Waals surface area (Å²) in [5.41, 5.74) is 2.80. The van der Waals surface area contributed by atoms with Crippen molar-refractivity contribution in [3.63, 3.8) is 0 Å². The standard InChI is InChI=1S/C25H30N6O2/c1-17-7-6-8-20(11-17)33-25(2,3)23(32)31-10-9-18(15-31)22-21(19-12-26-16-27-13-19)14-28-24(29-22)30(4)5/h6-8,11-14,16,18H,9-10,15H2,1-5H3/t18-/m1/s1. The second-order valence-electron chi connectivity index (χ2n) is 9.16. The van der Waals surface area contributed by atoms with E-state index in [1.54, 1.807) is 12.4 Å². The highest BCUT2D eigenvalue weighted by molar-refractivity contribution is 5.85. The monoisotopic (exact) mass is 446 g/mol. The molecule has 8 nitrogen and oxygen atoms in total. The van der Waals surface area contributed by atoms with E-state index in [0.29, 0.717) is 24.8 Å². The number of aromatic nitrogens is 4. The zero-order chi connectivity index (χ0) is 23.6. The molecule has 0 saturated carbocycles. The van der Waals surface area contributed by atoms with E-state index in [4.69, 9.17) is 9.72 Å². The maximum atomic E-state index is 13.4. The molecule has 0 spiro atoms. The van der Waals surface area contributed by atoms with Crippen LogP contribution in [0.15, 0.2) is 49.2 Å². The Balaban J connectivity index is 1.57. The van der Waals surface area contributed by atoms with Gasteiger partial charge in [-0.2, -0.15) is 0 Å². The van der Waals surface area contributed by atoms with Gasteiger partial charge in [-0.05, 0) is 44.9 Å². The Hall–Kier alpha value is -3.55. The first kappa shape index (κ1) is 22.6. The molecule has 3 heterocycles. The van der Waals surface area contributed by atoms with Gasteiger partial charge < -0.3 is 14.5 Å². The van der Waals surface area contributed by atoms with E-state index in [9.17, 15) is 4.79 Å². The highest BCUT2D eigenvalue weighted by Crippen LogP contribution is 2.35. The number of hydrogen-bond donors (Lipinski definition) is 0. The third-order valence-corrected chi connectivity index (χ3v) is 5.82. The van der Waals surface area contributed by atoms with Crippen molar-refractivity contribution < 1.29 is 9.53 Å². The number of nitrogens with zero attached hydrogens (tertiary/aromatic N) is 6. The molecule has 1 aliphatic heterocycles. The molecule has 4 rings (SSSR count). The van der Waals surface area contributed by atoms with Crippen LogP contribution < -0.4 is 9.64 Å². The van der Waals surface area contributed by atoms with E-state index in [1.807, 2.05) is 75.1 Å². The minimum Gasteiger partial charge on any atom is -0.478 e. The first-order chi connectivity index (χ1) is 15.7. The van der Waals surface area contributed by atoms with Crippen LogP contribution in [0.4, 0.5) is 5.95 Å². The first-order valence-electron chi connectivity index (χ1n) is 11.1. The van der Waals surface area contributed by atoms with Crippen molar-refractivity contribution in [1.82, 2.24) is 24.8 Å². The second kappa shape index (κ2) is 9.13. The average molecular weight is 447 g/mol. The number of carbonyl (C=O) groups is 1. The van der Waals surface area contributed by atoms with Gasteiger partial charge in [-0.3, -0.25) is 4.79 Å². The molecule has 0 N–H and O–H groups in total. The minimum absolute atomic E-state index is 0.0296. The molecule has 3 aromatic rings. The van der Waals surface area contributed by atoms with Crippen molar-refractivity contribution in [1.29, 1.82) is 0 Å². The number of aryl methyl sites for hydroxylation is 1. The van der Waals surface area contributed by atoms with E-state index in [-0.39, 0.29) is 11.8 Å². The van der Waals surface area contributed by atoms with Gasteiger partial charge in [0.15, 0.2) is 5.60 Å². The van der Waals surface area contributed by atoms with Gasteiger partial charge in [0, 0.05) is 62.8 Å². The number of anilines is 1. The molecule has 8 heteroatoms. The maximum absolute atomic E-state index is 13.4. The van der Waals surface area contributed by atoms with E-state index in [2.05, 4.69) is 15.0 Å². The molecule has 0 radical (unpaired) electrons. The molecule has 172 valence electrons. The summed E-state index contributed by atoms with van der Waals surface area (Å²) in [5, 5.41) is 0. The fourth-order valence-electron chi connectivity index (χ4n) is 4.14. The minimum atomic E-state index is -0.973. The predicted octanol–water partition coefficient (Wildman–Crippen LogP) is 3.48. The molecule has 1 saturated heterocycles. The first-order valence-corrected chi connectivity index (χ1v) is 11.1. The Bertz CT molecular complexity index is 1130.